The van der Waals surface area contributed by atoms with Crippen LogP contribution in [0, 0.1) is 40.4 Å². The molecule has 4 rings (SSSR count). The van der Waals surface area contributed by atoms with Crippen molar-refractivity contribution in [3.05, 3.63) is 0 Å². The molecule has 0 amide bonds. The predicted molar refractivity (Wildman–Crippen MR) is 107 cm³/mol. The summed E-state index contributed by atoms with van der Waals surface area (Å²) in [6.45, 7) is 6.56. The van der Waals surface area contributed by atoms with Crippen molar-refractivity contribution >= 4 is 40.0 Å². The molecule has 0 aliphatic heterocycles. The number of aliphatic hydroxyl groups is 1. The Morgan fingerprint density at radius 3 is 2.32 bits per heavy atom. The summed E-state index contributed by atoms with van der Waals surface area (Å²) in [6.07, 6.45) is 9.22. The maximum atomic E-state index is 11.1. The van der Waals surface area contributed by atoms with E-state index in [1.165, 1.54) is 19.3 Å². The molecule has 5 nitrogen and oxygen atoms in total. The van der Waals surface area contributed by atoms with Crippen LogP contribution in [0.15, 0.2) is 0 Å². The molecule has 4 fully saturated rings. The molecule has 7 heteroatoms. The Labute approximate surface area is 192 Å². The van der Waals surface area contributed by atoms with Crippen LogP contribution in [0.3, 0.4) is 0 Å². The van der Waals surface area contributed by atoms with Crippen LogP contribution < -0.4 is 0 Å². The first kappa shape index (κ1) is 23.5. The molecule has 0 aromatic heterocycles. The molecule has 9 atom stereocenters. The second kappa shape index (κ2) is 8.07. The summed E-state index contributed by atoms with van der Waals surface area (Å²) in [4.78, 5) is 0. The van der Waals surface area contributed by atoms with Gasteiger partial charge in [0.25, 0.3) is 0 Å². The Bertz CT molecular complexity index is 684. The standard InChI is InChI=1S/C21H36O5S.Na/c1-13(26-27(23,24)25)17-6-7-18-16-5-4-14-12-15(22)8-10-20(14,2)19(16)9-11-21(17,18)3;/h13-19,22H,4-12H2,1-3H3,(H,23,24,25);/p-1/t13-,14+,15+,16+,17-,18+,19+,20+,21-;/m1./s1. The van der Waals surface area contributed by atoms with Crippen molar-refractivity contribution < 1.29 is 22.3 Å². The van der Waals surface area contributed by atoms with Crippen molar-refractivity contribution in [1.82, 2.24) is 0 Å². The van der Waals surface area contributed by atoms with Crippen molar-refractivity contribution in [1.29, 1.82) is 0 Å². The zero-order valence-corrected chi connectivity index (χ0v) is 20.7. The summed E-state index contributed by atoms with van der Waals surface area (Å²) in [5.41, 5.74) is 0.421. The molecule has 4 aliphatic rings. The van der Waals surface area contributed by atoms with Gasteiger partial charge in [0.15, 0.2) is 0 Å². The monoisotopic (exact) mass is 422 g/mol. The number of hydrogen-bond donors (Lipinski definition) is 1. The van der Waals surface area contributed by atoms with Gasteiger partial charge in [-0.05, 0) is 105 Å². The molecule has 1 N–H and O–H groups in total. The van der Waals surface area contributed by atoms with Crippen LogP contribution in [0.5, 0.6) is 0 Å². The molecule has 0 spiro atoms. The molecular weight excluding hydrogens is 387 g/mol. The second-order valence-corrected chi connectivity index (χ2v) is 11.5. The van der Waals surface area contributed by atoms with Gasteiger partial charge in [-0.2, -0.15) is 0 Å². The van der Waals surface area contributed by atoms with Crippen LogP contribution in [0.1, 0.15) is 78.6 Å². The van der Waals surface area contributed by atoms with Crippen molar-refractivity contribution in [2.75, 3.05) is 0 Å². The Balaban J connectivity index is 0.00000225. The minimum absolute atomic E-state index is 0. The van der Waals surface area contributed by atoms with Crippen LogP contribution in [-0.2, 0) is 14.6 Å². The Morgan fingerprint density at radius 1 is 1.00 bits per heavy atom. The molecule has 0 saturated heterocycles. The molecular formula is C21H35NaO5S-. The van der Waals surface area contributed by atoms with Crippen molar-refractivity contribution in [2.24, 2.45) is 40.4 Å². The van der Waals surface area contributed by atoms with Crippen LogP contribution in [0.2, 0.25) is 0 Å². The minimum atomic E-state index is -4.65. The van der Waals surface area contributed by atoms with Gasteiger partial charge < -0.3 is 9.66 Å². The Hall–Kier alpha value is 0.830. The van der Waals surface area contributed by atoms with E-state index in [9.17, 15) is 18.1 Å². The van der Waals surface area contributed by atoms with E-state index in [0.717, 1.165) is 44.4 Å². The smallest absolute Gasteiger partial charge is 0.217 e. The normalized spacial score (nSPS) is 49.3. The number of rotatable bonds is 3. The molecule has 157 valence electrons. The zero-order valence-electron chi connectivity index (χ0n) is 17.9. The van der Waals surface area contributed by atoms with E-state index in [0.29, 0.717) is 23.2 Å². The number of aliphatic hydroxyl groups excluding tert-OH is 1. The molecule has 0 aromatic carbocycles. The summed E-state index contributed by atoms with van der Waals surface area (Å²) < 4.78 is 38.2. The molecule has 0 unspecified atom stereocenters. The zero-order chi connectivity index (χ0) is 19.6. The largest absolute Gasteiger partial charge is 0.726 e. The van der Waals surface area contributed by atoms with Gasteiger partial charge in [-0.3, -0.25) is 4.18 Å². The SMILES string of the molecule is C[C@@H](OS(=O)(=O)[O-])[C@H]1CC[C@H]2[C@@H]3CC[C@H]4C[C@@H](O)CC[C@]4(C)[C@H]3CC[C@]12C.[Na]. The summed E-state index contributed by atoms with van der Waals surface area (Å²) in [5.74, 6) is 2.82. The Morgan fingerprint density at radius 2 is 1.64 bits per heavy atom. The fraction of sp³-hybridized carbons (Fsp3) is 1.00. The van der Waals surface area contributed by atoms with Crippen LogP contribution >= 0.6 is 0 Å². The summed E-state index contributed by atoms with van der Waals surface area (Å²) in [5, 5.41) is 10.1. The first-order valence-corrected chi connectivity index (χ1v) is 12.2. The molecule has 0 aromatic rings. The average molecular weight is 423 g/mol. The second-order valence-electron chi connectivity index (χ2n) is 10.5. The van der Waals surface area contributed by atoms with Gasteiger partial charge in [-0.15, -0.1) is 0 Å². The van der Waals surface area contributed by atoms with Crippen molar-refractivity contribution in [3.8, 4) is 0 Å². The fourth-order valence-corrected chi connectivity index (χ4v) is 8.81. The quantitative estimate of drug-likeness (QED) is 0.427. The fourth-order valence-electron chi connectivity index (χ4n) is 8.30. The molecule has 0 bridgehead atoms. The van der Waals surface area contributed by atoms with Crippen LogP contribution in [-0.4, -0.2) is 59.8 Å². The van der Waals surface area contributed by atoms with Gasteiger partial charge in [0.05, 0.1) is 12.2 Å². The van der Waals surface area contributed by atoms with Gasteiger partial charge >= 0.3 is 0 Å². The number of fused-ring (bicyclic) bond motifs is 5. The first-order valence-electron chi connectivity index (χ1n) is 10.9. The van der Waals surface area contributed by atoms with E-state index in [1.807, 2.05) is 0 Å². The van der Waals surface area contributed by atoms with E-state index in [-0.39, 0.29) is 47.0 Å². The van der Waals surface area contributed by atoms with Gasteiger partial charge in [0, 0.05) is 29.6 Å². The predicted octanol–water partition coefficient (Wildman–Crippen LogP) is 3.49. The van der Waals surface area contributed by atoms with Gasteiger partial charge in [0.2, 0.25) is 10.4 Å². The molecule has 4 aliphatic carbocycles. The third kappa shape index (κ3) is 3.89. The van der Waals surface area contributed by atoms with Crippen LogP contribution in [0.25, 0.3) is 0 Å². The molecule has 1 radical (unpaired) electrons. The first-order chi connectivity index (χ1) is 12.5. The minimum Gasteiger partial charge on any atom is -0.726 e. The van der Waals surface area contributed by atoms with Gasteiger partial charge in [-0.1, -0.05) is 13.8 Å². The average Bonchev–Trinajstić information content (AvgIpc) is 2.91. The number of hydrogen-bond acceptors (Lipinski definition) is 5. The summed E-state index contributed by atoms with van der Waals surface area (Å²) >= 11 is 0. The van der Waals surface area contributed by atoms with Crippen LogP contribution in [0.4, 0.5) is 0 Å². The Kier molecular flexibility index (Phi) is 6.77. The summed E-state index contributed by atoms with van der Waals surface area (Å²) in [6, 6.07) is 0. The molecule has 0 heterocycles. The third-order valence-electron chi connectivity index (χ3n) is 9.55. The van der Waals surface area contributed by atoms with E-state index in [2.05, 4.69) is 13.8 Å². The topological polar surface area (TPSA) is 86.7 Å². The van der Waals surface area contributed by atoms with Crippen molar-refractivity contribution in [3.63, 3.8) is 0 Å². The van der Waals surface area contributed by atoms with Crippen molar-refractivity contribution in [2.45, 2.75) is 90.8 Å². The summed E-state index contributed by atoms with van der Waals surface area (Å²) in [7, 11) is -4.65. The molecule has 4 saturated carbocycles. The third-order valence-corrected chi connectivity index (χ3v) is 10.1. The maximum absolute atomic E-state index is 11.1. The molecule has 28 heavy (non-hydrogen) atoms. The maximum Gasteiger partial charge on any atom is 0.217 e. The van der Waals surface area contributed by atoms with E-state index in [1.54, 1.807) is 6.92 Å². The van der Waals surface area contributed by atoms with E-state index in [4.69, 9.17) is 4.18 Å². The van der Waals surface area contributed by atoms with Gasteiger partial charge in [-0.25, -0.2) is 8.42 Å². The van der Waals surface area contributed by atoms with E-state index >= 15 is 0 Å². The van der Waals surface area contributed by atoms with Gasteiger partial charge in [0.1, 0.15) is 0 Å². The van der Waals surface area contributed by atoms with E-state index < -0.39 is 16.5 Å².